The van der Waals surface area contributed by atoms with Crippen molar-refractivity contribution in [1.82, 2.24) is 20.3 Å². The molecule has 1 saturated carbocycles. The predicted molar refractivity (Wildman–Crippen MR) is 46.1 cm³/mol. The summed E-state index contributed by atoms with van der Waals surface area (Å²) in [6, 6.07) is 0. The number of aryl methyl sites for hydroxylation is 1. The molecule has 5 heteroatoms. The van der Waals surface area contributed by atoms with Gasteiger partial charge in [0.15, 0.2) is 5.69 Å². The molecule has 1 aliphatic carbocycles. The summed E-state index contributed by atoms with van der Waals surface area (Å²) in [5, 5.41) is 10.5. The number of nitrogens with one attached hydrogen (secondary N) is 1. The van der Waals surface area contributed by atoms with Crippen LogP contribution in [0.15, 0.2) is 6.20 Å². The van der Waals surface area contributed by atoms with Gasteiger partial charge in [-0.05, 0) is 18.8 Å². The first kappa shape index (κ1) is 8.22. The quantitative estimate of drug-likeness (QED) is 0.709. The highest BCUT2D eigenvalue weighted by Crippen LogP contribution is 2.27. The van der Waals surface area contributed by atoms with Gasteiger partial charge in [0.1, 0.15) is 0 Å². The topological polar surface area (TPSA) is 59.8 Å². The molecule has 0 spiro atoms. The van der Waals surface area contributed by atoms with Gasteiger partial charge in [-0.1, -0.05) is 0 Å². The van der Waals surface area contributed by atoms with E-state index in [0.29, 0.717) is 11.6 Å². The highest BCUT2D eigenvalue weighted by molar-refractivity contribution is 5.91. The SMILES string of the molecule is Cn1ncc(C(=O)NCC2CC2)n1. The summed E-state index contributed by atoms with van der Waals surface area (Å²) >= 11 is 0. The van der Waals surface area contributed by atoms with Gasteiger partial charge in [0.2, 0.25) is 0 Å². The number of hydrogen-bond acceptors (Lipinski definition) is 3. The lowest BCUT2D eigenvalue weighted by Gasteiger charge is -1.99. The van der Waals surface area contributed by atoms with Crippen LogP contribution in [0.25, 0.3) is 0 Å². The first-order valence-electron chi connectivity index (χ1n) is 4.40. The lowest BCUT2D eigenvalue weighted by Crippen LogP contribution is -2.25. The zero-order valence-electron chi connectivity index (χ0n) is 7.53. The number of hydrogen-bond donors (Lipinski definition) is 1. The summed E-state index contributed by atoms with van der Waals surface area (Å²) in [7, 11) is 1.69. The third-order valence-electron chi connectivity index (χ3n) is 2.08. The monoisotopic (exact) mass is 180 g/mol. The Labute approximate surface area is 76.1 Å². The first-order chi connectivity index (χ1) is 6.25. The van der Waals surface area contributed by atoms with Crippen LogP contribution in [0.5, 0.6) is 0 Å². The molecule has 0 aromatic carbocycles. The molecule has 0 bridgehead atoms. The van der Waals surface area contributed by atoms with Crippen molar-refractivity contribution in [3.8, 4) is 0 Å². The van der Waals surface area contributed by atoms with Crippen LogP contribution in [0.2, 0.25) is 0 Å². The highest BCUT2D eigenvalue weighted by Gasteiger charge is 2.22. The Bertz CT molecular complexity index is 316. The van der Waals surface area contributed by atoms with E-state index in [1.165, 1.54) is 23.8 Å². The largest absolute Gasteiger partial charge is 0.350 e. The van der Waals surface area contributed by atoms with Crippen molar-refractivity contribution in [2.75, 3.05) is 6.54 Å². The number of aromatic nitrogens is 3. The molecule has 0 saturated heterocycles. The molecule has 0 unspecified atom stereocenters. The van der Waals surface area contributed by atoms with Crippen LogP contribution in [0.4, 0.5) is 0 Å². The van der Waals surface area contributed by atoms with Crippen molar-refractivity contribution in [2.45, 2.75) is 12.8 Å². The van der Waals surface area contributed by atoms with Gasteiger partial charge in [-0.2, -0.15) is 9.90 Å². The third-order valence-corrected chi connectivity index (χ3v) is 2.08. The van der Waals surface area contributed by atoms with Crippen molar-refractivity contribution in [3.63, 3.8) is 0 Å². The Balaban J connectivity index is 1.88. The number of nitrogens with zero attached hydrogens (tertiary/aromatic N) is 3. The maximum absolute atomic E-state index is 11.4. The number of rotatable bonds is 3. The zero-order chi connectivity index (χ0) is 9.26. The van der Waals surface area contributed by atoms with E-state index in [1.54, 1.807) is 7.05 Å². The third kappa shape index (κ3) is 2.05. The van der Waals surface area contributed by atoms with Gasteiger partial charge in [0, 0.05) is 13.6 Å². The fourth-order valence-electron chi connectivity index (χ4n) is 1.10. The average Bonchev–Trinajstić information content (AvgIpc) is 2.84. The molecule has 5 nitrogen and oxygen atoms in total. The van der Waals surface area contributed by atoms with E-state index in [0.717, 1.165) is 6.54 Å². The van der Waals surface area contributed by atoms with Crippen molar-refractivity contribution < 1.29 is 4.79 Å². The van der Waals surface area contributed by atoms with Gasteiger partial charge in [0.05, 0.1) is 6.20 Å². The van der Waals surface area contributed by atoms with Crippen LogP contribution < -0.4 is 5.32 Å². The Morgan fingerprint density at radius 3 is 3.08 bits per heavy atom. The molecule has 1 aromatic heterocycles. The van der Waals surface area contributed by atoms with Crippen LogP contribution in [-0.2, 0) is 7.05 Å². The average molecular weight is 180 g/mol. The van der Waals surface area contributed by atoms with E-state index < -0.39 is 0 Å². The van der Waals surface area contributed by atoms with Crippen molar-refractivity contribution >= 4 is 5.91 Å². The lowest BCUT2D eigenvalue weighted by molar-refractivity contribution is 0.0946. The fraction of sp³-hybridized carbons (Fsp3) is 0.625. The fourth-order valence-corrected chi connectivity index (χ4v) is 1.10. The Hall–Kier alpha value is -1.39. The van der Waals surface area contributed by atoms with Gasteiger partial charge >= 0.3 is 0 Å². The molecule has 1 aliphatic rings. The number of carbonyl (C=O) groups excluding carboxylic acids is 1. The summed E-state index contributed by atoms with van der Waals surface area (Å²) < 4.78 is 0. The van der Waals surface area contributed by atoms with Crippen molar-refractivity contribution in [2.24, 2.45) is 13.0 Å². The van der Waals surface area contributed by atoms with Gasteiger partial charge in [-0.25, -0.2) is 0 Å². The Morgan fingerprint density at radius 1 is 1.77 bits per heavy atom. The lowest BCUT2D eigenvalue weighted by atomic mass is 10.4. The molecule has 1 fully saturated rings. The Morgan fingerprint density at radius 2 is 2.54 bits per heavy atom. The smallest absolute Gasteiger partial charge is 0.273 e. The molecular weight excluding hydrogens is 168 g/mol. The van der Waals surface area contributed by atoms with E-state index in [9.17, 15) is 4.79 Å². The van der Waals surface area contributed by atoms with Crippen LogP contribution in [0, 0.1) is 5.92 Å². The standard InChI is InChI=1S/C8H12N4O/c1-12-10-5-7(11-12)8(13)9-4-6-2-3-6/h5-6H,2-4H2,1H3,(H,9,13). The van der Waals surface area contributed by atoms with E-state index in [1.807, 2.05) is 0 Å². The van der Waals surface area contributed by atoms with Crippen molar-refractivity contribution in [1.29, 1.82) is 0 Å². The second-order valence-corrected chi connectivity index (χ2v) is 3.37. The van der Waals surface area contributed by atoms with Crippen LogP contribution >= 0.6 is 0 Å². The van der Waals surface area contributed by atoms with Crippen LogP contribution in [0.3, 0.4) is 0 Å². The first-order valence-corrected chi connectivity index (χ1v) is 4.40. The molecule has 70 valence electrons. The predicted octanol–water partition coefficient (Wildman–Crippen LogP) is -0.0451. The van der Waals surface area contributed by atoms with E-state index in [2.05, 4.69) is 15.5 Å². The molecule has 0 radical (unpaired) electrons. The van der Waals surface area contributed by atoms with Crippen LogP contribution in [0.1, 0.15) is 23.3 Å². The number of carbonyl (C=O) groups is 1. The Kier molecular flexibility index (Phi) is 2.00. The summed E-state index contributed by atoms with van der Waals surface area (Å²) in [5.41, 5.74) is 0.392. The molecule has 1 N–H and O–H groups in total. The van der Waals surface area contributed by atoms with Gasteiger partial charge in [-0.15, -0.1) is 5.10 Å². The minimum atomic E-state index is -0.125. The van der Waals surface area contributed by atoms with E-state index in [-0.39, 0.29) is 5.91 Å². The summed E-state index contributed by atoms with van der Waals surface area (Å²) in [6.07, 6.45) is 3.95. The van der Waals surface area contributed by atoms with Gasteiger partial charge in [-0.3, -0.25) is 4.79 Å². The van der Waals surface area contributed by atoms with Gasteiger partial charge < -0.3 is 5.32 Å². The second kappa shape index (κ2) is 3.16. The molecule has 0 atom stereocenters. The summed E-state index contributed by atoms with van der Waals surface area (Å²) in [4.78, 5) is 12.7. The highest BCUT2D eigenvalue weighted by atomic mass is 16.2. The normalized spacial score (nSPS) is 15.8. The minimum absolute atomic E-state index is 0.125. The van der Waals surface area contributed by atoms with Crippen molar-refractivity contribution in [3.05, 3.63) is 11.9 Å². The van der Waals surface area contributed by atoms with Crippen LogP contribution in [-0.4, -0.2) is 27.4 Å². The number of amides is 1. The van der Waals surface area contributed by atoms with E-state index in [4.69, 9.17) is 0 Å². The minimum Gasteiger partial charge on any atom is -0.350 e. The molecule has 13 heavy (non-hydrogen) atoms. The molecule has 0 aliphatic heterocycles. The summed E-state index contributed by atoms with van der Waals surface area (Å²) in [5.74, 6) is 0.570. The molecule has 1 amide bonds. The summed E-state index contributed by atoms with van der Waals surface area (Å²) in [6.45, 7) is 0.773. The maximum atomic E-state index is 11.4. The molecule has 1 heterocycles. The molecule has 1 aromatic rings. The molecule has 2 rings (SSSR count). The maximum Gasteiger partial charge on any atom is 0.273 e. The zero-order valence-corrected chi connectivity index (χ0v) is 7.53. The van der Waals surface area contributed by atoms with Gasteiger partial charge in [0.25, 0.3) is 5.91 Å². The second-order valence-electron chi connectivity index (χ2n) is 3.37. The van der Waals surface area contributed by atoms with E-state index >= 15 is 0 Å². The molecular formula is C8H12N4O.